The smallest absolute Gasteiger partial charge is 0.0898 e. The summed E-state index contributed by atoms with van der Waals surface area (Å²) < 4.78 is 5.38. The Labute approximate surface area is 110 Å². The van der Waals surface area contributed by atoms with Crippen molar-refractivity contribution in [3.63, 3.8) is 0 Å². The van der Waals surface area contributed by atoms with E-state index in [0.717, 1.165) is 0 Å². The molecule has 0 saturated heterocycles. The normalized spacial score (nSPS) is 14.8. The lowest BCUT2D eigenvalue weighted by atomic mass is 10.0. The van der Waals surface area contributed by atoms with Gasteiger partial charge in [-0.2, -0.15) is 0 Å². The molecule has 0 amide bonds. The minimum atomic E-state index is -0.459. The Morgan fingerprint density at radius 3 is 2.50 bits per heavy atom. The largest absolute Gasteiger partial charge is 0.389 e. The van der Waals surface area contributed by atoms with E-state index in [9.17, 15) is 5.11 Å². The van der Waals surface area contributed by atoms with Crippen molar-refractivity contribution in [1.29, 1.82) is 0 Å². The van der Waals surface area contributed by atoms with E-state index < -0.39 is 6.10 Å². The zero-order chi connectivity index (χ0) is 13.5. The minimum absolute atomic E-state index is 0.161. The molecule has 1 aromatic carbocycles. The van der Waals surface area contributed by atoms with Crippen LogP contribution in [0.2, 0.25) is 0 Å². The molecule has 0 aliphatic heterocycles. The molecule has 1 aromatic rings. The van der Waals surface area contributed by atoms with Crippen molar-refractivity contribution in [1.82, 2.24) is 5.32 Å². The molecule has 2 atom stereocenters. The molecule has 0 radical (unpaired) electrons. The first-order valence-corrected chi connectivity index (χ1v) is 6.59. The molecule has 0 bridgehead atoms. The summed E-state index contributed by atoms with van der Waals surface area (Å²) in [7, 11) is 0. The van der Waals surface area contributed by atoms with Crippen molar-refractivity contribution in [2.45, 2.75) is 45.9 Å². The molecule has 3 heteroatoms. The highest BCUT2D eigenvalue weighted by atomic mass is 16.5. The Morgan fingerprint density at radius 1 is 1.22 bits per heavy atom. The molecule has 102 valence electrons. The number of benzene rings is 1. The van der Waals surface area contributed by atoms with Crippen molar-refractivity contribution in [2.24, 2.45) is 0 Å². The van der Waals surface area contributed by atoms with Crippen LogP contribution in [0.1, 0.15) is 37.9 Å². The zero-order valence-electron chi connectivity index (χ0n) is 11.8. The van der Waals surface area contributed by atoms with E-state index in [1.165, 1.54) is 11.1 Å². The highest BCUT2D eigenvalue weighted by Crippen LogP contribution is 2.16. The van der Waals surface area contributed by atoms with E-state index >= 15 is 0 Å². The van der Waals surface area contributed by atoms with Gasteiger partial charge in [-0.15, -0.1) is 0 Å². The number of hydrogen-bond donors (Lipinski definition) is 2. The molecule has 0 aliphatic rings. The van der Waals surface area contributed by atoms with Crippen LogP contribution in [0.4, 0.5) is 0 Å². The molecule has 0 saturated carbocycles. The molecule has 0 aromatic heterocycles. The summed E-state index contributed by atoms with van der Waals surface area (Å²) >= 11 is 0. The Kier molecular flexibility index (Phi) is 6.33. The summed E-state index contributed by atoms with van der Waals surface area (Å²) in [5, 5.41) is 13.1. The van der Waals surface area contributed by atoms with Crippen LogP contribution in [0.25, 0.3) is 0 Å². The maximum absolute atomic E-state index is 9.78. The fourth-order valence-corrected chi connectivity index (χ4v) is 1.86. The van der Waals surface area contributed by atoms with Crippen LogP contribution in [-0.2, 0) is 4.74 Å². The number of ether oxygens (including phenoxy) is 1. The highest BCUT2D eigenvalue weighted by molar-refractivity contribution is 5.28. The minimum Gasteiger partial charge on any atom is -0.389 e. The third kappa shape index (κ3) is 5.17. The van der Waals surface area contributed by atoms with Gasteiger partial charge in [0.2, 0.25) is 0 Å². The lowest BCUT2D eigenvalue weighted by Gasteiger charge is -2.19. The summed E-state index contributed by atoms with van der Waals surface area (Å²) in [6.45, 7) is 9.07. The standard InChI is InChI=1S/C15H25NO2/c1-11(2)18-10-14(17)9-16-13(4)15-8-6-5-7-12(15)3/h5-8,11,13-14,16-17H,9-10H2,1-4H3. The number of aliphatic hydroxyl groups is 1. The van der Waals surface area contributed by atoms with Crippen molar-refractivity contribution in [3.8, 4) is 0 Å². The van der Waals surface area contributed by atoms with Crippen molar-refractivity contribution in [2.75, 3.05) is 13.2 Å². The van der Waals surface area contributed by atoms with E-state index in [-0.39, 0.29) is 12.1 Å². The van der Waals surface area contributed by atoms with E-state index in [1.807, 2.05) is 26.0 Å². The Balaban J connectivity index is 2.37. The number of rotatable bonds is 7. The summed E-state index contributed by atoms with van der Waals surface area (Å²) in [5.74, 6) is 0. The predicted molar refractivity (Wildman–Crippen MR) is 74.7 cm³/mol. The number of nitrogens with one attached hydrogen (secondary N) is 1. The second-order valence-electron chi connectivity index (χ2n) is 5.02. The SMILES string of the molecule is Cc1ccccc1C(C)NCC(O)COC(C)C. The molecule has 0 fully saturated rings. The first-order valence-electron chi connectivity index (χ1n) is 6.59. The summed E-state index contributed by atoms with van der Waals surface area (Å²) in [6, 6.07) is 8.53. The molecule has 2 unspecified atom stereocenters. The van der Waals surface area contributed by atoms with Gasteiger partial charge in [0.1, 0.15) is 0 Å². The van der Waals surface area contributed by atoms with E-state index in [1.54, 1.807) is 0 Å². The lowest BCUT2D eigenvalue weighted by molar-refractivity contribution is 0.00560. The maximum Gasteiger partial charge on any atom is 0.0898 e. The van der Waals surface area contributed by atoms with Gasteiger partial charge in [-0.05, 0) is 38.8 Å². The van der Waals surface area contributed by atoms with Crippen molar-refractivity contribution < 1.29 is 9.84 Å². The number of aliphatic hydroxyl groups excluding tert-OH is 1. The molecule has 0 spiro atoms. The van der Waals surface area contributed by atoms with E-state index in [2.05, 4.69) is 31.3 Å². The Morgan fingerprint density at radius 2 is 1.89 bits per heavy atom. The van der Waals surface area contributed by atoms with Crippen LogP contribution < -0.4 is 5.32 Å². The highest BCUT2D eigenvalue weighted by Gasteiger charge is 2.10. The molecular weight excluding hydrogens is 226 g/mol. The van der Waals surface area contributed by atoms with Gasteiger partial charge in [0, 0.05) is 12.6 Å². The Hall–Kier alpha value is -0.900. The molecule has 0 aliphatic carbocycles. The van der Waals surface area contributed by atoms with Gasteiger partial charge in [-0.1, -0.05) is 24.3 Å². The van der Waals surface area contributed by atoms with Gasteiger partial charge in [-0.25, -0.2) is 0 Å². The first kappa shape index (κ1) is 15.2. The Bertz CT molecular complexity index is 352. The van der Waals surface area contributed by atoms with E-state index in [0.29, 0.717) is 13.2 Å². The number of aryl methyl sites for hydroxylation is 1. The summed E-state index contributed by atoms with van der Waals surface area (Å²) in [4.78, 5) is 0. The van der Waals surface area contributed by atoms with Gasteiger partial charge in [-0.3, -0.25) is 0 Å². The van der Waals surface area contributed by atoms with Gasteiger partial charge in [0.15, 0.2) is 0 Å². The van der Waals surface area contributed by atoms with Crippen LogP contribution >= 0.6 is 0 Å². The van der Waals surface area contributed by atoms with Crippen molar-refractivity contribution >= 4 is 0 Å². The summed E-state index contributed by atoms with van der Waals surface area (Å²) in [5.41, 5.74) is 2.54. The van der Waals surface area contributed by atoms with E-state index in [4.69, 9.17) is 4.74 Å². The van der Waals surface area contributed by atoms with Crippen LogP contribution in [0.3, 0.4) is 0 Å². The quantitative estimate of drug-likeness (QED) is 0.782. The average molecular weight is 251 g/mol. The molecular formula is C15H25NO2. The van der Waals surface area contributed by atoms with Crippen LogP contribution in [0.5, 0.6) is 0 Å². The fourth-order valence-electron chi connectivity index (χ4n) is 1.86. The van der Waals surface area contributed by atoms with Crippen LogP contribution in [0, 0.1) is 6.92 Å². The van der Waals surface area contributed by atoms with Gasteiger partial charge in [0.25, 0.3) is 0 Å². The molecule has 1 rings (SSSR count). The second kappa shape index (κ2) is 7.52. The third-order valence-electron chi connectivity index (χ3n) is 2.94. The zero-order valence-corrected chi connectivity index (χ0v) is 11.8. The monoisotopic (exact) mass is 251 g/mol. The van der Waals surface area contributed by atoms with Gasteiger partial charge >= 0.3 is 0 Å². The molecule has 2 N–H and O–H groups in total. The molecule has 0 heterocycles. The van der Waals surface area contributed by atoms with Crippen LogP contribution in [0.15, 0.2) is 24.3 Å². The topological polar surface area (TPSA) is 41.5 Å². The number of hydrogen-bond acceptors (Lipinski definition) is 3. The predicted octanol–water partition coefficient (Wildman–Crippen LogP) is 2.43. The van der Waals surface area contributed by atoms with Gasteiger partial charge in [0.05, 0.1) is 18.8 Å². The van der Waals surface area contributed by atoms with Crippen LogP contribution in [-0.4, -0.2) is 30.5 Å². The average Bonchev–Trinajstić information content (AvgIpc) is 2.34. The van der Waals surface area contributed by atoms with Gasteiger partial charge < -0.3 is 15.2 Å². The molecule has 3 nitrogen and oxygen atoms in total. The maximum atomic E-state index is 9.78. The second-order valence-corrected chi connectivity index (χ2v) is 5.02. The lowest BCUT2D eigenvalue weighted by Crippen LogP contribution is -2.33. The van der Waals surface area contributed by atoms with Crippen molar-refractivity contribution in [3.05, 3.63) is 35.4 Å². The summed E-state index contributed by atoms with van der Waals surface area (Å²) in [6.07, 6.45) is -0.299. The third-order valence-corrected chi connectivity index (χ3v) is 2.94. The first-order chi connectivity index (χ1) is 8.50. The molecule has 18 heavy (non-hydrogen) atoms. The fraction of sp³-hybridized carbons (Fsp3) is 0.600.